The molecule has 212 valence electrons. The van der Waals surface area contributed by atoms with E-state index in [1.807, 2.05) is 0 Å². The summed E-state index contributed by atoms with van der Waals surface area (Å²) in [6.45, 7) is 3.99. The summed E-state index contributed by atoms with van der Waals surface area (Å²) in [7, 11) is 0. The highest BCUT2D eigenvalue weighted by Gasteiger charge is 2.44. The summed E-state index contributed by atoms with van der Waals surface area (Å²) >= 11 is 0. The first-order valence-electron chi connectivity index (χ1n) is 13.9. The van der Waals surface area contributed by atoms with E-state index in [1.165, 1.54) is 81.2 Å². The van der Waals surface area contributed by atoms with Gasteiger partial charge in [-0.05, 0) is 92.8 Å². The van der Waals surface area contributed by atoms with E-state index < -0.39 is 17.9 Å². The van der Waals surface area contributed by atoms with E-state index >= 15 is 0 Å². The topological polar surface area (TPSA) is 62.2 Å². The van der Waals surface area contributed by atoms with Crippen LogP contribution in [0.3, 0.4) is 0 Å². The zero-order valence-corrected chi connectivity index (χ0v) is 22.3. The average Bonchev–Trinajstić information content (AvgIpc) is 3.21. The lowest BCUT2D eigenvalue weighted by atomic mass is 9.85. The molecule has 3 aromatic rings. The molecule has 3 aromatic carbocycles. The van der Waals surface area contributed by atoms with Crippen LogP contribution in [0.5, 0.6) is 23.0 Å². The van der Waals surface area contributed by atoms with Gasteiger partial charge in [0.1, 0.15) is 23.0 Å². The van der Waals surface area contributed by atoms with E-state index in [4.69, 9.17) is 9.47 Å². The highest BCUT2D eigenvalue weighted by molar-refractivity contribution is 5.98. The molecule has 2 N–H and O–H groups in total. The van der Waals surface area contributed by atoms with Crippen molar-refractivity contribution in [3.63, 3.8) is 0 Å². The molecule has 5 rings (SSSR count). The first kappa shape index (κ1) is 27.9. The molecule has 0 spiro atoms. The SMILES string of the molecule is Oc1ccc(C2=C(C(F)(F)F)c3ccc(O)cc3OC2c2ccc(OCCCCN3CCCCCC3)cc2)cc1. The molecule has 1 unspecified atom stereocenters. The molecular weight excluding hydrogens is 519 g/mol. The maximum absolute atomic E-state index is 14.6. The Morgan fingerprint density at radius 3 is 2.17 bits per heavy atom. The monoisotopic (exact) mass is 553 g/mol. The lowest BCUT2D eigenvalue weighted by molar-refractivity contribution is -0.0695. The van der Waals surface area contributed by atoms with E-state index in [9.17, 15) is 23.4 Å². The van der Waals surface area contributed by atoms with Gasteiger partial charge in [-0.15, -0.1) is 0 Å². The number of unbranched alkanes of at least 4 members (excludes halogenated alkanes) is 1. The van der Waals surface area contributed by atoms with Gasteiger partial charge >= 0.3 is 6.18 Å². The van der Waals surface area contributed by atoms with Crippen molar-refractivity contribution in [3.05, 3.63) is 83.4 Å². The minimum atomic E-state index is -4.70. The number of aromatic hydroxyl groups is 2. The summed E-state index contributed by atoms with van der Waals surface area (Å²) in [5.74, 6) is 0.347. The second-order valence-electron chi connectivity index (χ2n) is 10.4. The third-order valence-electron chi connectivity index (χ3n) is 7.49. The number of rotatable bonds is 8. The fraction of sp³-hybridized carbons (Fsp3) is 0.375. The van der Waals surface area contributed by atoms with Gasteiger partial charge in [0.15, 0.2) is 6.10 Å². The van der Waals surface area contributed by atoms with Gasteiger partial charge in [0.05, 0.1) is 12.2 Å². The molecule has 0 amide bonds. The molecule has 2 aliphatic rings. The second kappa shape index (κ2) is 12.3. The van der Waals surface area contributed by atoms with Crippen molar-refractivity contribution >= 4 is 11.1 Å². The number of hydrogen-bond donors (Lipinski definition) is 2. The number of fused-ring (bicyclic) bond motifs is 1. The summed E-state index contributed by atoms with van der Waals surface area (Å²) in [5.41, 5.74) is -0.266. The molecule has 8 heteroatoms. The number of phenolic OH excluding ortho intramolecular Hbond substituents is 2. The van der Waals surface area contributed by atoms with Crippen LogP contribution in [-0.4, -0.2) is 47.5 Å². The Balaban J connectivity index is 1.35. The molecule has 0 bridgehead atoms. The number of halogens is 3. The van der Waals surface area contributed by atoms with Crippen LogP contribution in [0.25, 0.3) is 11.1 Å². The zero-order valence-electron chi connectivity index (χ0n) is 22.3. The molecule has 0 aromatic heterocycles. The van der Waals surface area contributed by atoms with Gasteiger partial charge < -0.3 is 24.6 Å². The van der Waals surface area contributed by atoms with Gasteiger partial charge in [-0.2, -0.15) is 13.2 Å². The van der Waals surface area contributed by atoms with Crippen LogP contribution in [0.2, 0.25) is 0 Å². The summed E-state index contributed by atoms with van der Waals surface area (Å²) in [6.07, 6.45) is 1.37. The number of likely N-dealkylation sites (tertiary alicyclic amines) is 1. The van der Waals surface area contributed by atoms with Gasteiger partial charge in [0.25, 0.3) is 0 Å². The molecule has 2 aliphatic heterocycles. The number of hydrogen-bond acceptors (Lipinski definition) is 5. The lowest BCUT2D eigenvalue weighted by Crippen LogP contribution is -2.25. The molecule has 5 nitrogen and oxygen atoms in total. The lowest BCUT2D eigenvalue weighted by Gasteiger charge is -2.33. The third kappa shape index (κ3) is 6.55. The van der Waals surface area contributed by atoms with Crippen LogP contribution in [0, 0.1) is 0 Å². The summed E-state index contributed by atoms with van der Waals surface area (Å²) in [5, 5.41) is 19.7. The van der Waals surface area contributed by atoms with Crippen LogP contribution in [-0.2, 0) is 0 Å². The maximum Gasteiger partial charge on any atom is 0.417 e. The number of allylic oxidation sites excluding steroid dienone is 1. The van der Waals surface area contributed by atoms with Crippen molar-refractivity contribution in [2.24, 2.45) is 0 Å². The van der Waals surface area contributed by atoms with Crippen LogP contribution < -0.4 is 9.47 Å². The first-order valence-corrected chi connectivity index (χ1v) is 13.9. The summed E-state index contributed by atoms with van der Waals surface area (Å²) in [4.78, 5) is 2.53. The fourth-order valence-electron chi connectivity index (χ4n) is 5.48. The van der Waals surface area contributed by atoms with Crippen LogP contribution >= 0.6 is 0 Å². The third-order valence-corrected chi connectivity index (χ3v) is 7.49. The Morgan fingerprint density at radius 2 is 1.50 bits per heavy atom. The number of ether oxygens (including phenoxy) is 2. The van der Waals surface area contributed by atoms with Crippen molar-refractivity contribution in [1.82, 2.24) is 4.90 Å². The average molecular weight is 554 g/mol. The molecule has 2 heterocycles. The van der Waals surface area contributed by atoms with E-state index in [0.29, 0.717) is 17.9 Å². The summed E-state index contributed by atoms with van der Waals surface area (Å²) in [6, 6.07) is 16.1. The van der Waals surface area contributed by atoms with E-state index in [1.54, 1.807) is 24.3 Å². The second-order valence-corrected chi connectivity index (χ2v) is 10.4. The van der Waals surface area contributed by atoms with Gasteiger partial charge in [-0.25, -0.2) is 0 Å². The maximum atomic E-state index is 14.6. The Labute approximate surface area is 232 Å². The van der Waals surface area contributed by atoms with Gasteiger partial charge in [-0.3, -0.25) is 0 Å². The predicted octanol–water partition coefficient (Wildman–Crippen LogP) is 7.74. The van der Waals surface area contributed by atoms with Crippen molar-refractivity contribution in [2.75, 3.05) is 26.2 Å². The van der Waals surface area contributed by atoms with Crippen LogP contribution in [0.1, 0.15) is 61.3 Å². The standard InChI is InChI=1S/C32H34F3NO4/c33-32(34,35)30-27-16-13-25(38)21-28(27)40-31(29(30)22-7-11-24(37)12-8-22)23-9-14-26(15-10-23)39-20-6-5-19-36-17-3-1-2-4-18-36/h7-16,21,31,37-38H,1-6,17-20H2. The molecule has 0 aliphatic carbocycles. The van der Waals surface area contributed by atoms with Crippen molar-refractivity contribution in [1.29, 1.82) is 0 Å². The largest absolute Gasteiger partial charge is 0.508 e. The van der Waals surface area contributed by atoms with Crippen molar-refractivity contribution < 1.29 is 32.9 Å². The first-order chi connectivity index (χ1) is 19.3. The van der Waals surface area contributed by atoms with E-state index in [0.717, 1.165) is 19.4 Å². The number of nitrogens with zero attached hydrogens (tertiary/aromatic N) is 1. The Kier molecular flexibility index (Phi) is 8.54. The van der Waals surface area contributed by atoms with E-state index in [-0.39, 0.29) is 33.9 Å². The van der Waals surface area contributed by atoms with Crippen molar-refractivity contribution in [2.45, 2.75) is 50.8 Å². The van der Waals surface area contributed by atoms with Gasteiger partial charge in [0.2, 0.25) is 0 Å². The number of benzene rings is 3. The Bertz CT molecular complexity index is 1310. The molecule has 0 radical (unpaired) electrons. The number of phenols is 2. The smallest absolute Gasteiger partial charge is 0.417 e. The molecular formula is C32H34F3NO4. The summed E-state index contributed by atoms with van der Waals surface area (Å²) < 4.78 is 55.8. The Morgan fingerprint density at radius 1 is 0.825 bits per heavy atom. The molecule has 0 saturated carbocycles. The predicted molar refractivity (Wildman–Crippen MR) is 149 cm³/mol. The Hall–Kier alpha value is -3.65. The molecule has 1 saturated heterocycles. The minimum Gasteiger partial charge on any atom is -0.508 e. The number of alkyl halides is 3. The van der Waals surface area contributed by atoms with Crippen LogP contribution in [0.15, 0.2) is 66.7 Å². The van der Waals surface area contributed by atoms with Gasteiger partial charge in [-0.1, -0.05) is 37.1 Å². The molecule has 1 atom stereocenters. The molecule has 1 fully saturated rings. The van der Waals surface area contributed by atoms with Gasteiger partial charge in [0, 0.05) is 17.2 Å². The van der Waals surface area contributed by atoms with Crippen LogP contribution in [0.4, 0.5) is 13.2 Å². The normalized spacial score (nSPS) is 18.1. The fourth-order valence-corrected chi connectivity index (χ4v) is 5.48. The quantitative estimate of drug-likeness (QED) is 0.280. The minimum absolute atomic E-state index is 0.0513. The highest BCUT2D eigenvalue weighted by atomic mass is 19.4. The molecule has 40 heavy (non-hydrogen) atoms. The van der Waals surface area contributed by atoms with Crippen molar-refractivity contribution in [3.8, 4) is 23.0 Å². The van der Waals surface area contributed by atoms with E-state index in [2.05, 4.69) is 4.90 Å². The highest BCUT2D eigenvalue weighted by Crippen LogP contribution is 2.53. The zero-order chi connectivity index (χ0) is 28.1.